The lowest BCUT2D eigenvalue weighted by molar-refractivity contribution is -0.0106. The molecule has 0 aromatic rings. The molecule has 1 aliphatic heterocycles. The van der Waals surface area contributed by atoms with Crippen molar-refractivity contribution in [3.63, 3.8) is 0 Å². The largest absolute Gasteiger partial charge is 0.447 e. The Morgan fingerprint density at radius 1 is 1.82 bits per heavy atom. The summed E-state index contributed by atoms with van der Waals surface area (Å²) in [5.41, 5.74) is 4.77. The zero-order valence-corrected chi connectivity index (χ0v) is 6.21. The Morgan fingerprint density at radius 2 is 2.64 bits per heavy atom. The molecular weight excluding hydrogens is 148 g/mol. The molecule has 0 aliphatic carbocycles. The van der Waals surface area contributed by atoms with E-state index in [1.807, 2.05) is 0 Å². The van der Waals surface area contributed by atoms with Gasteiger partial charge in [0.15, 0.2) is 0 Å². The molecule has 5 nitrogen and oxygen atoms in total. The predicted octanol–water partition coefficient (Wildman–Crippen LogP) is -0.930. The quantitative estimate of drug-likeness (QED) is 0.547. The van der Waals surface area contributed by atoms with Crippen LogP contribution >= 0.6 is 0 Å². The molecule has 1 amide bonds. The van der Waals surface area contributed by atoms with Crippen molar-refractivity contribution < 1.29 is 14.3 Å². The highest BCUT2D eigenvalue weighted by Crippen LogP contribution is 1.95. The van der Waals surface area contributed by atoms with Gasteiger partial charge >= 0.3 is 6.09 Å². The number of rotatable bonds is 2. The van der Waals surface area contributed by atoms with Crippen LogP contribution in [0.25, 0.3) is 0 Å². The Hall–Kier alpha value is -0.810. The number of amides is 1. The third-order valence-corrected chi connectivity index (χ3v) is 1.42. The van der Waals surface area contributed by atoms with Gasteiger partial charge in [-0.2, -0.15) is 0 Å². The van der Waals surface area contributed by atoms with Crippen LogP contribution in [0.1, 0.15) is 0 Å². The number of hydrogen-bond acceptors (Lipinski definition) is 4. The second kappa shape index (κ2) is 4.15. The third-order valence-electron chi connectivity index (χ3n) is 1.42. The molecule has 5 heteroatoms. The third kappa shape index (κ3) is 3.20. The second-order valence-electron chi connectivity index (χ2n) is 2.33. The maximum absolute atomic E-state index is 10.2. The van der Waals surface area contributed by atoms with E-state index in [9.17, 15) is 4.79 Å². The summed E-state index contributed by atoms with van der Waals surface area (Å²) in [4.78, 5) is 10.2. The number of primary amides is 1. The smallest absolute Gasteiger partial charge is 0.404 e. The molecule has 0 radical (unpaired) electrons. The number of morpholine rings is 1. The number of ether oxygens (including phenoxy) is 2. The van der Waals surface area contributed by atoms with Crippen LogP contribution in [-0.2, 0) is 9.47 Å². The topological polar surface area (TPSA) is 73.6 Å². The standard InChI is InChI=1S/C6H12N2O3/c7-6(9)11-4-5-3-8-1-2-10-5/h5,8H,1-4H2,(H2,7,9). The SMILES string of the molecule is NC(=O)OCC1CNCCO1. The zero-order chi connectivity index (χ0) is 8.10. The molecule has 1 aliphatic rings. The van der Waals surface area contributed by atoms with Gasteiger partial charge in [0.05, 0.1) is 6.61 Å². The van der Waals surface area contributed by atoms with Gasteiger partial charge in [0.25, 0.3) is 0 Å². The first-order valence-corrected chi connectivity index (χ1v) is 3.53. The van der Waals surface area contributed by atoms with E-state index in [0.717, 1.165) is 6.54 Å². The monoisotopic (exact) mass is 160 g/mol. The molecule has 0 spiro atoms. The van der Waals surface area contributed by atoms with E-state index >= 15 is 0 Å². The van der Waals surface area contributed by atoms with Crippen LogP contribution in [0, 0.1) is 0 Å². The van der Waals surface area contributed by atoms with Gasteiger partial charge in [-0.1, -0.05) is 0 Å². The van der Waals surface area contributed by atoms with Crippen LogP contribution in [0.3, 0.4) is 0 Å². The van der Waals surface area contributed by atoms with Crippen molar-refractivity contribution in [1.29, 1.82) is 0 Å². The van der Waals surface area contributed by atoms with Gasteiger partial charge in [0.1, 0.15) is 12.7 Å². The van der Waals surface area contributed by atoms with Crippen molar-refractivity contribution in [3.05, 3.63) is 0 Å². The normalized spacial score (nSPS) is 24.5. The molecule has 3 N–H and O–H groups in total. The zero-order valence-electron chi connectivity index (χ0n) is 6.21. The van der Waals surface area contributed by atoms with Crippen LogP contribution in [0.4, 0.5) is 4.79 Å². The average molecular weight is 160 g/mol. The van der Waals surface area contributed by atoms with E-state index in [2.05, 4.69) is 10.1 Å². The number of carbonyl (C=O) groups excluding carboxylic acids is 1. The minimum absolute atomic E-state index is 0.0451. The minimum Gasteiger partial charge on any atom is -0.447 e. The predicted molar refractivity (Wildman–Crippen MR) is 38.1 cm³/mol. The van der Waals surface area contributed by atoms with Crippen molar-refractivity contribution >= 4 is 6.09 Å². The Morgan fingerprint density at radius 3 is 3.18 bits per heavy atom. The van der Waals surface area contributed by atoms with Crippen LogP contribution < -0.4 is 11.1 Å². The maximum Gasteiger partial charge on any atom is 0.404 e. The molecule has 1 fully saturated rings. The molecule has 0 aromatic carbocycles. The maximum atomic E-state index is 10.2. The molecule has 64 valence electrons. The molecule has 0 bridgehead atoms. The fraction of sp³-hybridized carbons (Fsp3) is 0.833. The van der Waals surface area contributed by atoms with Crippen molar-refractivity contribution in [2.24, 2.45) is 5.73 Å². The summed E-state index contributed by atoms with van der Waals surface area (Å²) in [5, 5.41) is 3.10. The minimum atomic E-state index is -0.751. The van der Waals surface area contributed by atoms with Gasteiger partial charge in [0, 0.05) is 13.1 Å². The molecule has 1 rings (SSSR count). The summed E-state index contributed by atoms with van der Waals surface area (Å²) in [7, 11) is 0. The van der Waals surface area contributed by atoms with E-state index in [1.54, 1.807) is 0 Å². The molecule has 1 atom stereocenters. The van der Waals surface area contributed by atoms with E-state index in [0.29, 0.717) is 13.2 Å². The summed E-state index contributed by atoms with van der Waals surface area (Å²) in [6.45, 7) is 2.47. The molecule has 1 heterocycles. The van der Waals surface area contributed by atoms with Gasteiger partial charge in [-0.25, -0.2) is 4.79 Å². The van der Waals surface area contributed by atoms with Crippen LogP contribution in [0.5, 0.6) is 0 Å². The lowest BCUT2D eigenvalue weighted by Crippen LogP contribution is -2.41. The Balaban J connectivity index is 2.09. The number of nitrogens with one attached hydrogen (secondary N) is 1. The number of nitrogens with two attached hydrogens (primary N) is 1. The Bertz CT molecular complexity index is 134. The van der Waals surface area contributed by atoms with E-state index in [-0.39, 0.29) is 12.7 Å². The summed E-state index contributed by atoms with van der Waals surface area (Å²) in [6, 6.07) is 0. The number of hydrogen-bond donors (Lipinski definition) is 2. The first-order valence-electron chi connectivity index (χ1n) is 3.53. The molecule has 0 saturated carbocycles. The lowest BCUT2D eigenvalue weighted by Gasteiger charge is -2.22. The Labute approximate surface area is 64.8 Å². The summed E-state index contributed by atoms with van der Waals surface area (Å²) < 4.78 is 9.79. The van der Waals surface area contributed by atoms with Crippen LogP contribution in [0.15, 0.2) is 0 Å². The van der Waals surface area contributed by atoms with Gasteiger partial charge in [0.2, 0.25) is 0 Å². The van der Waals surface area contributed by atoms with E-state index < -0.39 is 6.09 Å². The lowest BCUT2D eigenvalue weighted by atomic mass is 10.3. The summed E-state index contributed by atoms with van der Waals surface area (Å²) in [6.07, 6.45) is -0.796. The highest BCUT2D eigenvalue weighted by Gasteiger charge is 2.14. The van der Waals surface area contributed by atoms with E-state index in [4.69, 9.17) is 10.5 Å². The molecule has 1 saturated heterocycles. The Kier molecular flexibility index (Phi) is 3.13. The van der Waals surface area contributed by atoms with Crippen molar-refractivity contribution in [2.75, 3.05) is 26.3 Å². The van der Waals surface area contributed by atoms with Gasteiger partial charge < -0.3 is 20.5 Å². The highest BCUT2D eigenvalue weighted by atomic mass is 16.6. The second-order valence-corrected chi connectivity index (χ2v) is 2.33. The molecular formula is C6H12N2O3. The van der Waals surface area contributed by atoms with Gasteiger partial charge in [-0.3, -0.25) is 0 Å². The van der Waals surface area contributed by atoms with Crippen molar-refractivity contribution in [3.8, 4) is 0 Å². The number of carbonyl (C=O) groups is 1. The van der Waals surface area contributed by atoms with Gasteiger partial charge in [-0.15, -0.1) is 0 Å². The van der Waals surface area contributed by atoms with Crippen molar-refractivity contribution in [2.45, 2.75) is 6.10 Å². The van der Waals surface area contributed by atoms with Gasteiger partial charge in [-0.05, 0) is 0 Å². The first kappa shape index (κ1) is 8.29. The summed E-state index contributed by atoms with van der Waals surface area (Å²) >= 11 is 0. The fourth-order valence-corrected chi connectivity index (χ4v) is 0.902. The van der Waals surface area contributed by atoms with Crippen LogP contribution in [-0.4, -0.2) is 38.5 Å². The van der Waals surface area contributed by atoms with Crippen LogP contribution in [0.2, 0.25) is 0 Å². The molecule has 11 heavy (non-hydrogen) atoms. The van der Waals surface area contributed by atoms with Crippen molar-refractivity contribution in [1.82, 2.24) is 5.32 Å². The molecule has 1 unspecified atom stereocenters. The average Bonchev–Trinajstić information content (AvgIpc) is 2.03. The molecule has 0 aromatic heterocycles. The van der Waals surface area contributed by atoms with E-state index in [1.165, 1.54) is 0 Å². The first-order chi connectivity index (χ1) is 5.29. The highest BCUT2D eigenvalue weighted by molar-refractivity contribution is 5.64. The fourth-order valence-electron chi connectivity index (χ4n) is 0.902. The summed E-state index contributed by atoms with van der Waals surface area (Å²) in [5.74, 6) is 0.